The molecule has 0 saturated carbocycles. The number of hydrogen-bond acceptors (Lipinski definition) is 3. The molecule has 1 aromatic carbocycles. The molecule has 4 nitrogen and oxygen atoms in total. The van der Waals surface area contributed by atoms with E-state index in [1.165, 1.54) is 6.07 Å². The summed E-state index contributed by atoms with van der Waals surface area (Å²) in [5, 5.41) is 2.80. The van der Waals surface area contributed by atoms with Crippen LogP contribution in [0.15, 0.2) is 18.2 Å². The molecule has 1 aromatic rings. The Morgan fingerprint density at radius 2 is 2.16 bits per heavy atom. The largest absolute Gasteiger partial charge is 0.379 e. The zero-order valence-electron chi connectivity index (χ0n) is 11.1. The molecule has 0 bridgehead atoms. The van der Waals surface area contributed by atoms with Crippen LogP contribution in [0.4, 0.5) is 4.39 Å². The molecule has 19 heavy (non-hydrogen) atoms. The molecule has 0 aliphatic carbocycles. The fourth-order valence-corrected chi connectivity index (χ4v) is 1.99. The first-order valence-corrected chi connectivity index (χ1v) is 6.51. The first-order valence-electron chi connectivity index (χ1n) is 6.51. The van der Waals surface area contributed by atoms with Gasteiger partial charge in [-0.15, -0.1) is 0 Å². The van der Waals surface area contributed by atoms with Gasteiger partial charge >= 0.3 is 0 Å². The molecule has 5 heteroatoms. The Morgan fingerprint density at radius 3 is 2.84 bits per heavy atom. The van der Waals surface area contributed by atoms with Gasteiger partial charge in [-0.1, -0.05) is 6.07 Å². The molecular weight excluding hydrogens is 247 g/mol. The second-order valence-corrected chi connectivity index (χ2v) is 4.67. The molecule has 2 rings (SSSR count). The lowest BCUT2D eigenvalue weighted by molar-refractivity contribution is 0.0383. The molecule has 0 unspecified atom stereocenters. The number of hydrogen-bond donors (Lipinski definition) is 1. The second kappa shape index (κ2) is 6.63. The second-order valence-electron chi connectivity index (χ2n) is 4.67. The lowest BCUT2D eigenvalue weighted by Gasteiger charge is -2.26. The zero-order chi connectivity index (χ0) is 13.7. The van der Waals surface area contributed by atoms with Crippen LogP contribution in [0.1, 0.15) is 15.9 Å². The highest BCUT2D eigenvalue weighted by Crippen LogP contribution is 2.08. The number of carbonyl (C=O) groups excluding carboxylic acids is 1. The SMILES string of the molecule is Cc1ccc(C(=O)NCCN2CCOCC2)cc1F. The summed E-state index contributed by atoms with van der Waals surface area (Å²) in [6, 6.07) is 4.54. The van der Waals surface area contributed by atoms with Gasteiger partial charge in [0.25, 0.3) is 5.91 Å². The summed E-state index contributed by atoms with van der Waals surface area (Å²) in [6.07, 6.45) is 0. The molecule has 0 aromatic heterocycles. The Kier molecular flexibility index (Phi) is 4.87. The third kappa shape index (κ3) is 4.01. The summed E-state index contributed by atoms with van der Waals surface area (Å²) in [4.78, 5) is 14.1. The molecule has 104 valence electrons. The van der Waals surface area contributed by atoms with Gasteiger partial charge in [-0.3, -0.25) is 9.69 Å². The van der Waals surface area contributed by atoms with Crippen LogP contribution in [-0.2, 0) is 4.74 Å². The Morgan fingerprint density at radius 1 is 1.42 bits per heavy atom. The van der Waals surface area contributed by atoms with Crippen molar-refractivity contribution in [3.63, 3.8) is 0 Å². The highest BCUT2D eigenvalue weighted by atomic mass is 19.1. The number of nitrogens with zero attached hydrogens (tertiary/aromatic N) is 1. The molecular formula is C14H19FN2O2. The molecule has 1 N–H and O–H groups in total. The number of halogens is 1. The average Bonchev–Trinajstić information content (AvgIpc) is 2.43. The summed E-state index contributed by atoms with van der Waals surface area (Å²) in [5.41, 5.74) is 0.912. The quantitative estimate of drug-likeness (QED) is 0.890. The van der Waals surface area contributed by atoms with Gasteiger partial charge in [-0.2, -0.15) is 0 Å². The van der Waals surface area contributed by atoms with E-state index in [9.17, 15) is 9.18 Å². The maximum atomic E-state index is 13.4. The van der Waals surface area contributed by atoms with Gasteiger partial charge in [0, 0.05) is 31.7 Å². The van der Waals surface area contributed by atoms with E-state index in [4.69, 9.17) is 4.74 Å². The number of carbonyl (C=O) groups is 1. The number of amides is 1. The van der Waals surface area contributed by atoms with Gasteiger partial charge < -0.3 is 10.1 Å². The van der Waals surface area contributed by atoms with Crippen molar-refractivity contribution in [2.45, 2.75) is 6.92 Å². The number of rotatable bonds is 4. The molecule has 0 radical (unpaired) electrons. The van der Waals surface area contributed by atoms with Crippen LogP contribution in [0, 0.1) is 12.7 Å². The minimum Gasteiger partial charge on any atom is -0.379 e. The average molecular weight is 266 g/mol. The maximum absolute atomic E-state index is 13.4. The Bertz CT molecular complexity index is 445. The summed E-state index contributed by atoms with van der Waals surface area (Å²) >= 11 is 0. The summed E-state index contributed by atoms with van der Waals surface area (Å²) in [5.74, 6) is -0.576. The van der Waals surface area contributed by atoms with Crippen molar-refractivity contribution in [1.82, 2.24) is 10.2 Å². The molecule has 1 saturated heterocycles. The van der Waals surface area contributed by atoms with E-state index in [1.807, 2.05) is 0 Å². The van der Waals surface area contributed by atoms with Gasteiger partial charge in [0.05, 0.1) is 13.2 Å². The lowest BCUT2D eigenvalue weighted by Crippen LogP contribution is -2.41. The topological polar surface area (TPSA) is 41.6 Å². The smallest absolute Gasteiger partial charge is 0.251 e. The van der Waals surface area contributed by atoms with Crippen molar-refractivity contribution in [3.8, 4) is 0 Å². The van der Waals surface area contributed by atoms with Crippen LogP contribution in [-0.4, -0.2) is 50.2 Å². The van der Waals surface area contributed by atoms with Gasteiger partial charge in [0.2, 0.25) is 0 Å². The summed E-state index contributed by atoms with van der Waals surface area (Å²) < 4.78 is 18.6. The summed E-state index contributed by atoms with van der Waals surface area (Å²) in [6.45, 7) is 6.32. The number of ether oxygens (including phenoxy) is 1. The number of aryl methyl sites for hydroxylation is 1. The number of nitrogens with one attached hydrogen (secondary N) is 1. The first kappa shape index (κ1) is 14.0. The van der Waals surface area contributed by atoms with Gasteiger partial charge in [0.15, 0.2) is 0 Å². The zero-order valence-corrected chi connectivity index (χ0v) is 11.1. The Hall–Kier alpha value is -1.46. The van der Waals surface area contributed by atoms with Crippen LogP contribution in [0.2, 0.25) is 0 Å². The van der Waals surface area contributed by atoms with Crippen molar-refractivity contribution in [3.05, 3.63) is 35.1 Å². The van der Waals surface area contributed by atoms with Gasteiger partial charge in [-0.05, 0) is 24.6 Å². The van der Waals surface area contributed by atoms with Crippen molar-refractivity contribution in [1.29, 1.82) is 0 Å². The van der Waals surface area contributed by atoms with E-state index < -0.39 is 0 Å². The van der Waals surface area contributed by atoms with E-state index in [2.05, 4.69) is 10.2 Å². The highest BCUT2D eigenvalue weighted by molar-refractivity contribution is 5.94. The third-order valence-electron chi connectivity index (χ3n) is 3.25. The molecule has 1 fully saturated rings. The predicted molar refractivity (Wildman–Crippen MR) is 70.7 cm³/mol. The minimum absolute atomic E-state index is 0.229. The van der Waals surface area contributed by atoms with E-state index in [-0.39, 0.29) is 11.7 Å². The van der Waals surface area contributed by atoms with E-state index in [0.29, 0.717) is 17.7 Å². The normalized spacial score (nSPS) is 16.3. The monoisotopic (exact) mass is 266 g/mol. The van der Waals surface area contributed by atoms with Crippen molar-refractivity contribution in [2.75, 3.05) is 39.4 Å². The molecule has 0 atom stereocenters. The van der Waals surface area contributed by atoms with Crippen molar-refractivity contribution >= 4 is 5.91 Å². The van der Waals surface area contributed by atoms with Crippen molar-refractivity contribution in [2.24, 2.45) is 0 Å². The van der Waals surface area contributed by atoms with Crippen molar-refractivity contribution < 1.29 is 13.9 Å². The number of morpholine rings is 1. The van der Waals surface area contributed by atoms with Crippen LogP contribution >= 0.6 is 0 Å². The lowest BCUT2D eigenvalue weighted by atomic mass is 10.1. The first-order chi connectivity index (χ1) is 9.16. The summed E-state index contributed by atoms with van der Waals surface area (Å²) in [7, 11) is 0. The predicted octanol–water partition coefficient (Wildman–Crippen LogP) is 1.20. The van der Waals surface area contributed by atoms with Gasteiger partial charge in [0.1, 0.15) is 5.82 Å². The van der Waals surface area contributed by atoms with Crippen LogP contribution in [0.25, 0.3) is 0 Å². The van der Waals surface area contributed by atoms with E-state index >= 15 is 0 Å². The standard InChI is InChI=1S/C14H19FN2O2/c1-11-2-3-12(10-13(11)15)14(18)16-4-5-17-6-8-19-9-7-17/h2-3,10H,4-9H2,1H3,(H,16,18). The molecule has 1 amide bonds. The molecule has 1 heterocycles. The molecule has 1 aliphatic heterocycles. The van der Waals surface area contributed by atoms with Crippen LogP contribution in [0.5, 0.6) is 0 Å². The number of benzene rings is 1. The Balaban J connectivity index is 1.78. The fraction of sp³-hybridized carbons (Fsp3) is 0.500. The fourth-order valence-electron chi connectivity index (χ4n) is 1.99. The molecule has 1 aliphatic rings. The maximum Gasteiger partial charge on any atom is 0.251 e. The Labute approximate surface area is 112 Å². The molecule has 0 spiro atoms. The highest BCUT2D eigenvalue weighted by Gasteiger charge is 2.11. The van der Waals surface area contributed by atoms with Crippen LogP contribution in [0.3, 0.4) is 0 Å². The van der Waals surface area contributed by atoms with E-state index in [1.54, 1.807) is 19.1 Å². The van der Waals surface area contributed by atoms with Crippen LogP contribution < -0.4 is 5.32 Å². The van der Waals surface area contributed by atoms with E-state index in [0.717, 1.165) is 32.8 Å². The van der Waals surface area contributed by atoms with Gasteiger partial charge in [-0.25, -0.2) is 4.39 Å². The minimum atomic E-state index is -0.346. The third-order valence-corrected chi connectivity index (χ3v) is 3.25.